The summed E-state index contributed by atoms with van der Waals surface area (Å²) < 4.78 is 0. The lowest BCUT2D eigenvalue weighted by Gasteiger charge is -2.05. The first-order valence-corrected chi connectivity index (χ1v) is 4.17. The molecule has 1 aliphatic rings. The molecule has 0 saturated carbocycles. The highest BCUT2D eigenvalue weighted by molar-refractivity contribution is 5.88. The molecule has 2 amide bonds. The van der Waals surface area contributed by atoms with Gasteiger partial charge in [0.05, 0.1) is 6.21 Å². The molecule has 1 aromatic rings. The van der Waals surface area contributed by atoms with E-state index in [9.17, 15) is 4.79 Å². The van der Waals surface area contributed by atoms with Crippen LogP contribution in [0.5, 0.6) is 0 Å². The molecule has 2 N–H and O–H groups in total. The molecule has 0 fully saturated rings. The Morgan fingerprint density at radius 2 is 2.00 bits per heavy atom. The van der Waals surface area contributed by atoms with Gasteiger partial charge in [0.1, 0.15) is 0 Å². The van der Waals surface area contributed by atoms with Gasteiger partial charge >= 0.3 is 6.03 Å². The van der Waals surface area contributed by atoms with Crippen molar-refractivity contribution in [2.75, 3.05) is 0 Å². The molecule has 70 valence electrons. The molecule has 4 nitrogen and oxygen atoms in total. The third-order valence-electron chi connectivity index (χ3n) is 1.94. The molecule has 0 atom stereocenters. The standard InChI is InChI=1S/C10H9N3O/c11-10(14)13-6-5-8-3-1-2-4-9(8)7-12-13/h1-7H,(H2,11,14). The summed E-state index contributed by atoms with van der Waals surface area (Å²) in [6.45, 7) is 0. The van der Waals surface area contributed by atoms with E-state index in [2.05, 4.69) is 5.10 Å². The van der Waals surface area contributed by atoms with E-state index >= 15 is 0 Å². The van der Waals surface area contributed by atoms with Crippen molar-refractivity contribution < 1.29 is 4.79 Å². The van der Waals surface area contributed by atoms with Gasteiger partial charge in [0, 0.05) is 11.8 Å². The normalized spacial score (nSPS) is 13.6. The third kappa shape index (κ3) is 1.50. The van der Waals surface area contributed by atoms with Crippen LogP contribution in [-0.2, 0) is 0 Å². The van der Waals surface area contributed by atoms with Crippen molar-refractivity contribution in [1.82, 2.24) is 5.01 Å². The van der Waals surface area contributed by atoms with E-state index in [0.717, 1.165) is 16.1 Å². The van der Waals surface area contributed by atoms with Crippen LogP contribution in [0.3, 0.4) is 0 Å². The van der Waals surface area contributed by atoms with Gasteiger partial charge in [-0.1, -0.05) is 24.3 Å². The molecule has 0 saturated heterocycles. The highest BCUT2D eigenvalue weighted by Crippen LogP contribution is 2.12. The van der Waals surface area contributed by atoms with Gasteiger partial charge in [-0.25, -0.2) is 4.79 Å². The van der Waals surface area contributed by atoms with Gasteiger partial charge in [0.2, 0.25) is 0 Å². The van der Waals surface area contributed by atoms with Gasteiger partial charge in [-0.05, 0) is 11.6 Å². The minimum atomic E-state index is -0.592. The fourth-order valence-electron chi connectivity index (χ4n) is 1.22. The van der Waals surface area contributed by atoms with E-state index in [1.54, 1.807) is 18.5 Å². The zero-order valence-corrected chi connectivity index (χ0v) is 7.42. The zero-order valence-electron chi connectivity index (χ0n) is 7.42. The van der Waals surface area contributed by atoms with E-state index in [1.165, 1.54) is 0 Å². The highest BCUT2D eigenvalue weighted by atomic mass is 16.2. The van der Waals surface area contributed by atoms with Crippen LogP contribution in [-0.4, -0.2) is 17.3 Å². The molecule has 0 spiro atoms. The second-order valence-electron chi connectivity index (χ2n) is 2.87. The van der Waals surface area contributed by atoms with Gasteiger partial charge in [0.25, 0.3) is 0 Å². The summed E-state index contributed by atoms with van der Waals surface area (Å²) >= 11 is 0. The first kappa shape index (κ1) is 8.50. The summed E-state index contributed by atoms with van der Waals surface area (Å²) in [4.78, 5) is 10.8. The van der Waals surface area contributed by atoms with E-state index in [4.69, 9.17) is 5.73 Å². The number of primary amides is 1. The van der Waals surface area contributed by atoms with Crippen LogP contribution in [0.2, 0.25) is 0 Å². The zero-order chi connectivity index (χ0) is 9.97. The average Bonchev–Trinajstić information content (AvgIpc) is 2.39. The molecular formula is C10H9N3O. The van der Waals surface area contributed by atoms with Crippen molar-refractivity contribution in [3.8, 4) is 0 Å². The van der Waals surface area contributed by atoms with Crippen LogP contribution < -0.4 is 5.73 Å². The van der Waals surface area contributed by atoms with E-state index < -0.39 is 6.03 Å². The summed E-state index contributed by atoms with van der Waals surface area (Å²) in [6.07, 6.45) is 4.96. The maximum absolute atomic E-state index is 10.8. The molecule has 2 rings (SSSR count). The Labute approximate surface area is 81.3 Å². The van der Waals surface area contributed by atoms with Crippen LogP contribution in [0.1, 0.15) is 11.1 Å². The number of carbonyl (C=O) groups excluding carboxylic acids is 1. The number of carbonyl (C=O) groups is 1. The molecule has 4 heteroatoms. The molecule has 1 aromatic carbocycles. The minimum absolute atomic E-state index is 0.592. The number of hydrogen-bond acceptors (Lipinski definition) is 2. The molecule has 14 heavy (non-hydrogen) atoms. The number of nitrogens with zero attached hydrogens (tertiary/aromatic N) is 2. The van der Waals surface area contributed by atoms with Gasteiger partial charge in [0.15, 0.2) is 0 Å². The lowest BCUT2D eigenvalue weighted by Crippen LogP contribution is -2.26. The second-order valence-corrected chi connectivity index (χ2v) is 2.87. The number of rotatable bonds is 0. The Kier molecular flexibility index (Phi) is 2.02. The summed E-state index contributed by atoms with van der Waals surface area (Å²) in [5.41, 5.74) is 7.07. The molecule has 0 aromatic heterocycles. The number of fused-ring (bicyclic) bond motifs is 1. The van der Waals surface area contributed by atoms with Crippen LogP contribution in [0, 0.1) is 0 Å². The molecule has 0 radical (unpaired) electrons. The van der Waals surface area contributed by atoms with E-state index in [-0.39, 0.29) is 0 Å². The SMILES string of the molecule is NC(=O)N1C=Cc2ccccc2C=N1. The van der Waals surface area contributed by atoms with Crippen molar-refractivity contribution >= 4 is 18.3 Å². The lowest BCUT2D eigenvalue weighted by atomic mass is 10.1. The van der Waals surface area contributed by atoms with Crippen molar-refractivity contribution in [1.29, 1.82) is 0 Å². The van der Waals surface area contributed by atoms with Gasteiger partial charge in [-0.15, -0.1) is 0 Å². The predicted octanol–water partition coefficient (Wildman–Crippen LogP) is 1.39. The Balaban J connectivity index is 2.42. The smallest absolute Gasteiger partial charge is 0.339 e. The number of urea groups is 1. The van der Waals surface area contributed by atoms with Crippen LogP contribution in [0.15, 0.2) is 35.6 Å². The second kappa shape index (κ2) is 3.33. The highest BCUT2D eigenvalue weighted by Gasteiger charge is 2.06. The van der Waals surface area contributed by atoms with Crippen molar-refractivity contribution in [3.05, 3.63) is 41.6 Å². The molecule has 1 aliphatic heterocycles. The van der Waals surface area contributed by atoms with E-state index in [1.807, 2.05) is 24.3 Å². The number of hydrogen-bond donors (Lipinski definition) is 1. The fraction of sp³-hybridized carbons (Fsp3) is 0. The van der Waals surface area contributed by atoms with Crippen molar-refractivity contribution in [2.45, 2.75) is 0 Å². The first-order valence-electron chi connectivity index (χ1n) is 4.17. The monoisotopic (exact) mass is 187 g/mol. The summed E-state index contributed by atoms with van der Waals surface area (Å²) in [6, 6.07) is 7.12. The molecular weight excluding hydrogens is 178 g/mol. The van der Waals surface area contributed by atoms with Crippen LogP contribution in [0.25, 0.3) is 6.08 Å². The number of amides is 2. The maximum Gasteiger partial charge on any atom is 0.339 e. The van der Waals surface area contributed by atoms with Gasteiger partial charge in [-0.3, -0.25) is 0 Å². The van der Waals surface area contributed by atoms with E-state index in [0.29, 0.717) is 0 Å². The summed E-state index contributed by atoms with van der Waals surface area (Å²) in [5, 5.41) is 5.01. The van der Waals surface area contributed by atoms with Crippen molar-refractivity contribution in [3.63, 3.8) is 0 Å². The topological polar surface area (TPSA) is 58.7 Å². The third-order valence-corrected chi connectivity index (χ3v) is 1.94. The number of benzene rings is 1. The minimum Gasteiger partial charge on any atom is -0.350 e. The Bertz CT molecular complexity index is 390. The molecule has 0 unspecified atom stereocenters. The Hall–Kier alpha value is -2.10. The quantitative estimate of drug-likeness (QED) is 0.655. The fourth-order valence-corrected chi connectivity index (χ4v) is 1.22. The maximum atomic E-state index is 10.8. The van der Waals surface area contributed by atoms with Gasteiger partial charge in [-0.2, -0.15) is 10.1 Å². The Morgan fingerprint density at radius 1 is 1.29 bits per heavy atom. The molecule has 0 aliphatic carbocycles. The Morgan fingerprint density at radius 3 is 2.71 bits per heavy atom. The largest absolute Gasteiger partial charge is 0.350 e. The molecule has 1 heterocycles. The molecule has 0 bridgehead atoms. The summed E-state index contributed by atoms with van der Waals surface area (Å²) in [7, 11) is 0. The van der Waals surface area contributed by atoms with Crippen LogP contribution >= 0.6 is 0 Å². The van der Waals surface area contributed by atoms with Crippen LogP contribution in [0.4, 0.5) is 4.79 Å². The number of nitrogens with two attached hydrogens (primary N) is 1. The lowest BCUT2D eigenvalue weighted by molar-refractivity contribution is 0.226. The van der Waals surface area contributed by atoms with Crippen molar-refractivity contribution in [2.24, 2.45) is 10.8 Å². The number of hydrazone groups is 1. The predicted molar refractivity (Wildman–Crippen MR) is 54.5 cm³/mol. The average molecular weight is 187 g/mol. The van der Waals surface area contributed by atoms with Gasteiger partial charge < -0.3 is 5.73 Å². The summed E-state index contributed by atoms with van der Waals surface area (Å²) in [5.74, 6) is 0. The first-order chi connectivity index (χ1) is 6.77.